The van der Waals surface area contributed by atoms with Crippen molar-refractivity contribution in [2.24, 2.45) is 5.92 Å². The van der Waals surface area contributed by atoms with Crippen LogP contribution in [0.1, 0.15) is 45.2 Å². The number of unbranched alkanes of at least 4 members (excludes halogenated alkanes) is 1. The molecule has 0 aliphatic carbocycles. The summed E-state index contributed by atoms with van der Waals surface area (Å²) >= 11 is 0. The topological polar surface area (TPSA) is 76.1 Å². The zero-order valence-corrected chi connectivity index (χ0v) is 16.5. The van der Waals surface area contributed by atoms with Crippen molar-refractivity contribution in [3.63, 3.8) is 0 Å². The minimum Gasteiger partial charge on any atom is -0.503 e. The van der Waals surface area contributed by atoms with Crippen LogP contribution >= 0.6 is 0 Å². The number of methoxy groups -OCH3 is 1. The van der Waals surface area contributed by atoms with Gasteiger partial charge in [0.05, 0.1) is 24.8 Å². The SMILES string of the molecule is CCCCOc1ccc(C2C(C(=O)C(C)C)=C(O)C(=O)N2CCOC)cc1. The quantitative estimate of drug-likeness (QED) is 0.634. The molecule has 0 radical (unpaired) electrons. The maximum Gasteiger partial charge on any atom is 0.290 e. The van der Waals surface area contributed by atoms with Crippen molar-refractivity contribution >= 4 is 11.7 Å². The van der Waals surface area contributed by atoms with Gasteiger partial charge in [-0.3, -0.25) is 9.59 Å². The molecule has 1 atom stereocenters. The van der Waals surface area contributed by atoms with E-state index < -0.39 is 17.7 Å². The van der Waals surface area contributed by atoms with Crippen LogP contribution in [0, 0.1) is 5.92 Å². The molecule has 1 unspecified atom stereocenters. The Hall–Kier alpha value is -2.34. The van der Waals surface area contributed by atoms with Gasteiger partial charge in [-0.2, -0.15) is 0 Å². The molecule has 2 rings (SSSR count). The largest absolute Gasteiger partial charge is 0.503 e. The van der Waals surface area contributed by atoms with E-state index in [4.69, 9.17) is 9.47 Å². The van der Waals surface area contributed by atoms with E-state index in [1.165, 1.54) is 4.90 Å². The van der Waals surface area contributed by atoms with Crippen LogP contribution in [-0.2, 0) is 14.3 Å². The van der Waals surface area contributed by atoms with Gasteiger partial charge in [0.2, 0.25) is 0 Å². The summed E-state index contributed by atoms with van der Waals surface area (Å²) in [6, 6.07) is 6.72. The Kier molecular flexibility index (Phi) is 7.42. The molecule has 27 heavy (non-hydrogen) atoms. The van der Waals surface area contributed by atoms with Crippen LogP contribution in [0.25, 0.3) is 0 Å². The van der Waals surface area contributed by atoms with Gasteiger partial charge in [-0.05, 0) is 24.1 Å². The van der Waals surface area contributed by atoms with Gasteiger partial charge >= 0.3 is 0 Å². The fourth-order valence-electron chi connectivity index (χ4n) is 3.06. The number of ketones is 1. The monoisotopic (exact) mass is 375 g/mol. The molecule has 148 valence electrons. The van der Waals surface area contributed by atoms with Gasteiger partial charge in [0.15, 0.2) is 11.5 Å². The second-order valence-corrected chi connectivity index (χ2v) is 6.95. The molecular weight excluding hydrogens is 346 g/mol. The molecule has 1 aliphatic heterocycles. The first-order chi connectivity index (χ1) is 12.9. The summed E-state index contributed by atoms with van der Waals surface area (Å²) in [7, 11) is 1.55. The van der Waals surface area contributed by atoms with E-state index in [0.717, 1.165) is 24.2 Å². The average molecular weight is 375 g/mol. The molecule has 0 spiro atoms. The molecule has 0 saturated heterocycles. The molecule has 0 fully saturated rings. The average Bonchev–Trinajstić information content (AvgIpc) is 2.91. The summed E-state index contributed by atoms with van der Waals surface area (Å²) in [4.78, 5) is 26.7. The van der Waals surface area contributed by atoms with E-state index in [9.17, 15) is 14.7 Å². The Labute approximate surface area is 160 Å². The summed E-state index contributed by atoms with van der Waals surface area (Å²) in [5, 5.41) is 10.4. The Morgan fingerprint density at radius 1 is 1.22 bits per heavy atom. The lowest BCUT2D eigenvalue weighted by Gasteiger charge is -2.27. The minimum atomic E-state index is -0.618. The van der Waals surface area contributed by atoms with Gasteiger partial charge in [0.1, 0.15) is 5.75 Å². The summed E-state index contributed by atoms with van der Waals surface area (Å²) in [5.74, 6) is -0.808. The molecule has 0 bridgehead atoms. The second kappa shape index (κ2) is 9.55. The maximum atomic E-state index is 12.7. The van der Waals surface area contributed by atoms with Gasteiger partial charge in [-0.1, -0.05) is 39.3 Å². The van der Waals surface area contributed by atoms with E-state index in [2.05, 4.69) is 6.92 Å². The Balaban J connectivity index is 2.34. The third kappa shape index (κ3) is 4.69. The summed E-state index contributed by atoms with van der Waals surface area (Å²) < 4.78 is 10.8. The standard InChI is InChI=1S/C21H29NO5/c1-5-6-12-27-16-9-7-15(8-10-16)18-17(19(23)14(2)3)20(24)21(25)22(18)11-13-26-4/h7-10,14,18,24H,5-6,11-13H2,1-4H3. The fourth-order valence-corrected chi connectivity index (χ4v) is 3.06. The van der Waals surface area contributed by atoms with E-state index in [0.29, 0.717) is 13.2 Å². The lowest BCUT2D eigenvalue weighted by atomic mass is 9.91. The van der Waals surface area contributed by atoms with Crippen molar-refractivity contribution in [2.75, 3.05) is 26.9 Å². The first-order valence-electron chi connectivity index (χ1n) is 9.42. The molecule has 6 nitrogen and oxygen atoms in total. The van der Waals surface area contributed by atoms with Crippen molar-refractivity contribution in [3.8, 4) is 5.75 Å². The van der Waals surface area contributed by atoms with Gasteiger partial charge in [-0.25, -0.2) is 0 Å². The summed E-state index contributed by atoms with van der Waals surface area (Å²) in [5.41, 5.74) is 0.918. The third-order valence-electron chi connectivity index (χ3n) is 4.59. The minimum absolute atomic E-state index is 0.158. The van der Waals surface area contributed by atoms with Crippen LogP contribution in [0.4, 0.5) is 0 Å². The van der Waals surface area contributed by atoms with Crippen LogP contribution in [0.5, 0.6) is 5.75 Å². The third-order valence-corrected chi connectivity index (χ3v) is 4.59. The van der Waals surface area contributed by atoms with E-state index >= 15 is 0 Å². The van der Waals surface area contributed by atoms with E-state index in [1.807, 2.05) is 24.3 Å². The first kappa shape index (κ1) is 21.0. The van der Waals surface area contributed by atoms with Crippen LogP contribution in [0.3, 0.4) is 0 Å². The highest BCUT2D eigenvalue weighted by Crippen LogP contribution is 2.39. The molecular formula is C21H29NO5. The lowest BCUT2D eigenvalue weighted by Crippen LogP contribution is -2.34. The zero-order valence-electron chi connectivity index (χ0n) is 16.5. The normalized spacial score (nSPS) is 17.1. The number of carbonyl (C=O) groups excluding carboxylic acids is 2. The number of ether oxygens (including phenoxy) is 2. The van der Waals surface area contributed by atoms with Gasteiger partial charge in [0, 0.05) is 19.6 Å². The number of benzene rings is 1. The van der Waals surface area contributed by atoms with Crippen molar-refractivity contribution < 1.29 is 24.2 Å². The van der Waals surface area contributed by atoms with Crippen LogP contribution in [0.2, 0.25) is 0 Å². The first-order valence-corrected chi connectivity index (χ1v) is 9.42. The van der Waals surface area contributed by atoms with Crippen LogP contribution in [0.15, 0.2) is 35.6 Å². The molecule has 6 heteroatoms. The van der Waals surface area contributed by atoms with Crippen molar-refractivity contribution in [1.29, 1.82) is 0 Å². The Morgan fingerprint density at radius 2 is 1.89 bits per heavy atom. The number of aliphatic hydroxyl groups excluding tert-OH is 1. The number of amides is 1. The maximum absolute atomic E-state index is 12.7. The number of rotatable bonds is 10. The number of hydrogen-bond donors (Lipinski definition) is 1. The number of Topliss-reactive ketones (excluding diaryl/α,β-unsaturated/α-hetero) is 1. The zero-order chi connectivity index (χ0) is 20.0. The predicted molar refractivity (Wildman–Crippen MR) is 103 cm³/mol. The van der Waals surface area contributed by atoms with Gasteiger partial charge in [0.25, 0.3) is 5.91 Å². The highest BCUT2D eigenvalue weighted by molar-refractivity contribution is 6.09. The highest BCUT2D eigenvalue weighted by Gasteiger charge is 2.43. The molecule has 0 saturated carbocycles. The molecule has 0 aromatic heterocycles. The molecule has 1 N–H and O–H groups in total. The Bertz CT molecular complexity index is 693. The summed E-state index contributed by atoms with van der Waals surface area (Å²) in [6.45, 7) is 6.86. The van der Waals surface area contributed by atoms with Crippen molar-refractivity contribution in [1.82, 2.24) is 4.90 Å². The molecule has 1 amide bonds. The lowest BCUT2D eigenvalue weighted by molar-refractivity contribution is -0.130. The van der Waals surface area contributed by atoms with E-state index in [1.54, 1.807) is 21.0 Å². The summed E-state index contributed by atoms with van der Waals surface area (Å²) in [6.07, 6.45) is 2.04. The predicted octanol–water partition coefficient (Wildman–Crippen LogP) is 3.43. The molecule has 1 heterocycles. The van der Waals surface area contributed by atoms with Crippen molar-refractivity contribution in [2.45, 2.75) is 39.7 Å². The molecule has 1 aliphatic rings. The van der Waals surface area contributed by atoms with Crippen molar-refractivity contribution in [3.05, 3.63) is 41.2 Å². The Morgan fingerprint density at radius 3 is 2.44 bits per heavy atom. The van der Waals surface area contributed by atoms with Gasteiger partial charge < -0.3 is 19.5 Å². The number of nitrogens with zero attached hydrogens (tertiary/aromatic N) is 1. The smallest absolute Gasteiger partial charge is 0.290 e. The molecule has 1 aromatic carbocycles. The van der Waals surface area contributed by atoms with E-state index in [-0.39, 0.29) is 23.8 Å². The van der Waals surface area contributed by atoms with Gasteiger partial charge in [-0.15, -0.1) is 0 Å². The molecule has 1 aromatic rings. The van der Waals surface area contributed by atoms with Crippen LogP contribution in [-0.4, -0.2) is 48.6 Å². The highest BCUT2D eigenvalue weighted by atomic mass is 16.5. The fraction of sp³-hybridized carbons (Fsp3) is 0.524. The number of hydrogen-bond acceptors (Lipinski definition) is 5. The second-order valence-electron chi connectivity index (χ2n) is 6.95. The number of aliphatic hydroxyl groups is 1. The van der Waals surface area contributed by atoms with Crippen LogP contribution < -0.4 is 4.74 Å². The number of carbonyl (C=O) groups is 2.